The molecule has 1 N–H and O–H groups in total. The highest BCUT2D eigenvalue weighted by Gasteiger charge is 2.08. The summed E-state index contributed by atoms with van der Waals surface area (Å²) in [7, 11) is 1.91. The van der Waals surface area contributed by atoms with Crippen molar-refractivity contribution in [2.75, 3.05) is 5.32 Å². The van der Waals surface area contributed by atoms with Crippen molar-refractivity contribution in [3.05, 3.63) is 29.7 Å². The highest BCUT2D eigenvalue weighted by Crippen LogP contribution is 2.14. The van der Waals surface area contributed by atoms with Gasteiger partial charge in [0.1, 0.15) is 5.82 Å². The second kappa shape index (κ2) is 5.91. The Morgan fingerprint density at radius 2 is 2.11 bits per heavy atom. The first-order valence-corrected chi connectivity index (χ1v) is 5.84. The van der Waals surface area contributed by atoms with E-state index in [0.717, 1.165) is 12.4 Å². The quantitative estimate of drug-likeness (QED) is 0.928. The Labute approximate surface area is 114 Å². The Bertz CT molecular complexity index is 500. The first-order chi connectivity index (χ1) is 8.08. The maximum absolute atomic E-state index is 4.38. The lowest BCUT2D eigenvalue weighted by atomic mass is 10.2. The van der Waals surface area contributed by atoms with Gasteiger partial charge < -0.3 is 5.32 Å². The van der Waals surface area contributed by atoms with Gasteiger partial charge in [0.15, 0.2) is 0 Å². The normalized spacial score (nSPS) is 10.5. The Morgan fingerprint density at radius 1 is 1.39 bits per heavy atom. The number of aryl methyl sites for hydroxylation is 1. The number of hydrogen-bond acceptors (Lipinski definition) is 3. The Balaban J connectivity index is 0.00000162. The van der Waals surface area contributed by atoms with Gasteiger partial charge in [-0.3, -0.25) is 9.36 Å². The van der Waals surface area contributed by atoms with Gasteiger partial charge in [-0.05, 0) is 20.8 Å². The van der Waals surface area contributed by atoms with Crippen molar-refractivity contribution in [1.82, 2.24) is 19.6 Å². The number of rotatable bonds is 4. The van der Waals surface area contributed by atoms with E-state index in [1.54, 1.807) is 4.68 Å². The SMILES string of the molecule is Cc1c(CNc2ccn(C)n2)cnn1C(C)C.Cl. The summed E-state index contributed by atoms with van der Waals surface area (Å²) in [4.78, 5) is 0. The molecule has 0 saturated carbocycles. The van der Waals surface area contributed by atoms with Crippen molar-refractivity contribution in [3.63, 3.8) is 0 Å². The molecule has 18 heavy (non-hydrogen) atoms. The lowest BCUT2D eigenvalue weighted by Gasteiger charge is -2.09. The fourth-order valence-corrected chi connectivity index (χ4v) is 1.85. The van der Waals surface area contributed by atoms with E-state index in [1.807, 2.05) is 30.2 Å². The average Bonchev–Trinajstić information content (AvgIpc) is 2.82. The molecule has 0 aromatic carbocycles. The zero-order chi connectivity index (χ0) is 12.4. The summed E-state index contributed by atoms with van der Waals surface area (Å²) < 4.78 is 3.82. The number of aromatic nitrogens is 4. The highest BCUT2D eigenvalue weighted by molar-refractivity contribution is 5.85. The van der Waals surface area contributed by atoms with Crippen molar-refractivity contribution >= 4 is 18.2 Å². The van der Waals surface area contributed by atoms with Crippen molar-refractivity contribution < 1.29 is 0 Å². The number of hydrogen-bond donors (Lipinski definition) is 1. The van der Waals surface area contributed by atoms with E-state index in [1.165, 1.54) is 11.3 Å². The van der Waals surface area contributed by atoms with Gasteiger partial charge in [-0.2, -0.15) is 10.2 Å². The molecule has 0 aliphatic heterocycles. The van der Waals surface area contributed by atoms with Crippen LogP contribution in [0.5, 0.6) is 0 Å². The lowest BCUT2D eigenvalue weighted by molar-refractivity contribution is 0.518. The van der Waals surface area contributed by atoms with Crippen LogP contribution in [-0.2, 0) is 13.6 Å². The van der Waals surface area contributed by atoms with Crippen LogP contribution in [0.4, 0.5) is 5.82 Å². The van der Waals surface area contributed by atoms with E-state index in [2.05, 4.69) is 36.3 Å². The molecular formula is C12H20ClN5. The molecule has 0 aliphatic carbocycles. The molecule has 2 aromatic rings. The Kier molecular flexibility index (Phi) is 4.78. The molecular weight excluding hydrogens is 250 g/mol. The summed E-state index contributed by atoms with van der Waals surface area (Å²) in [6.07, 6.45) is 3.85. The molecule has 0 fully saturated rings. The van der Waals surface area contributed by atoms with E-state index in [-0.39, 0.29) is 12.4 Å². The Morgan fingerprint density at radius 3 is 2.61 bits per heavy atom. The standard InChI is InChI=1S/C12H19N5.ClH/c1-9(2)17-10(3)11(8-14-17)7-13-12-5-6-16(4)15-12;/h5-6,8-9H,7H2,1-4H3,(H,13,15);1H. The van der Waals surface area contributed by atoms with Gasteiger partial charge in [-0.25, -0.2) is 0 Å². The van der Waals surface area contributed by atoms with Crippen LogP contribution in [0.3, 0.4) is 0 Å². The summed E-state index contributed by atoms with van der Waals surface area (Å²) in [5, 5.41) is 11.9. The maximum Gasteiger partial charge on any atom is 0.148 e. The van der Waals surface area contributed by atoms with E-state index in [9.17, 15) is 0 Å². The fraction of sp³-hybridized carbons (Fsp3) is 0.500. The molecule has 100 valence electrons. The van der Waals surface area contributed by atoms with Gasteiger partial charge in [-0.15, -0.1) is 12.4 Å². The third-order valence-corrected chi connectivity index (χ3v) is 2.81. The van der Waals surface area contributed by atoms with Gasteiger partial charge in [0.25, 0.3) is 0 Å². The Hall–Kier alpha value is -1.49. The van der Waals surface area contributed by atoms with Crippen molar-refractivity contribution in [1.29, 1.82) is 0 Å². The molecule has 0 amide bonds. The van der Waals surface area contributed by atoms with Gasteiger partial charge in [0, 0.05) is 43.2 Å². The minimum atomic E-state index is 0. The molecule has 0 radical (unpaired) electrons. The molecule has 0 saturated heterocycles. The average molecular weight is 270 g/mol. The topological polar surface area (TPSA) is 47.7 Å². The van der Waals surface area contributed by atoms with Crippen molar-refractivity contribution in [3.8, 4) is 0 Å². The second-order valence-corrected chi connectivity index (χ2v) is 4.52. The number of anilines is 1. The van der Waals surface area contributed by atoms with Crippen LogP contribution in [0.15, 0.2) is 18.5 Å². The molecule has 0 unspecified atom stereocenters. The second-order valence-electron chi connectivity index (χ2n) is 4.52. The first-order valence-electron chi connectivity index (χ1n) is 5.84. The molecule has 5 nitrogen and oxygen atoms in total. The third kappa shape index (κ3) is 3.04. The summed E-state index contributed by atoms with van der Waals surface area (Å²) in [5.74, 6) is 0.893. The van der Waals surface area contributed by atoms with Crippen LogP contribution in [0, 0.1) is 6.92 Å². The molecule has 0 spiro atoms. The van der Waals surface area contributed by atoms with Gasteiger partial charge in [0.2, 0.25) is 0 Å². The predicted octanol–water partition coefficient (Wildman–Crippen LogP) is 2.54. The zero-order valence-electron chi connectivity index (χ0n) is 11.2. The monoisotopic (exact) mass is 269 g/mol. The van der Waals surface area contributed by atoms with E-state index < -0.39 is 0 Å². The number of nitrogens with one attached hydrogen (secondary N) is 1. The minimum Gasteiger partial charge on any atom is -0.364 e. The minimum absolute atomic E-state index is 0. The van der Waals surface area contributed by atoms with Crippen LogP contribution in [0.1, 0.15) is 31.1 Å². The molecule has 0 bridgehead atoms. The zero-order valence-corrected chi connectivity index (χ0v) is 12.0. The molecule has 2 rings (SSSR count). The molecule has 6 heteroatoms. The third-order valence-electron chi connectivity index (χ3n) is 2.81. The molecule has 0 aliphatic rings. The van der Waals surface area contributed by atoms with Gasteiger partial charge in [0.05, 0.1) is 6.20 Å². The van der Waals surface area contributed by atoms with Crippen LogP contribution in [0.2, 0.25) is 0 Å². The molecule has 0 atom stereocenters. The van der Waals surface area contributed by atoms with E-state index in [4.69, 9.17) is 0 Å². The smallest absolute Gasteiger partial charge is 0.148 e. The van der Waals surface area contributed by atoms with Gasteiger partial charge >= 0.3 is 0 Å². The van der Waals surface area contributed by atoms with Crippen molar-refractivity contribution in [2.24, 2.45) is 7.05 Å². The van der Waals surface area contributed by atoms with Crippen LogP contribution in [-0.4, -0.2) is 19.6 Å². The van der Waals surface area contributed by atoms with Crippen LogP contribution < -0.4 is 5.32 Å². The van der Waals surface area contributed by atoms with Crippen LogP contribution >= 0.6 is 12.4 Å². The lowest BCUT2D eigenvalue weighted by Crippen LogP contribution is -2.06. The summed E-state index contributed by atoms with van der Waals surface area (Å²) in [6.45, 7) is 7.13. The maximum atomic E-state index is 4.38. The number of nitrogens with zero attached hydrogens (tertiary/aromatic N) is 4. The highest BCUT2D eigenvalue weighted by atomic mass is 35.5. The molecule has 2 heterocycles. The summed E-state index contributed by atoms with van der Waals surface area (Å²) in [6, 6.07) is 2.36. The van der Waals surface area contributed by atoms with Crippen molar-refractivity contribution in [2.45, 2.75) is 33.4 Å². The summed E-state index contributed by atoms with van der Waals surface area (Å²) >= 11 is 0. The molecule has 2 aromatic heterocycles. The summed E-state index contributed by atoms with van der Waals surface area (Å²) in [5.41, 5.74) is 2.42. The number of halogens is 1. The van der Waals surface area contributed by atoms with E-state index in [0.29, 0.717) is 6.04 Å². The van der Waals surface area contributed by atoms with E-state index >= 15 is 0 Å². The first kappa shape index (κ1) is 14.6. The largest absolute Gasteiger partial charge is 0.364 e. The predicted molar refractivity (Wildman–Crippen MR) is 75.1 cm³/mol. The van der Waals surface area contributed by atoms with Gasteiger partial charge in [-0.1, -0.05) is 0 Å². The fourth-order valence-electron chi connectivity index (χ4n) is 1.85. The van der Waals surface area contributed by atoms with Crippen LogP contribution in [0.25, 0.3) is 0 Å².